The zero-order valence-electron chi connectivity index (χ0n) is 8.50. The van der Waals surface area contributed by atoms with Crippen LogP contribution in [-0.4, -0.2) is 17.4 Å². The lowest BCUT2D eigenvalue weighted by atomic mass is 10.4. The van der Waals surface area contributed by atoms with Crippen molar-refractivity contribution in [3.8, 4) is 0 Å². The number of hydrogen-bond donors (Lipinski definition) is 1. The van der Waals surface area contributed by atoms with E-state index in [1.165, 1.54) is 4.88 Å². The van der Waals surface area contributed by atoms with Gasteiger partial charge in [0, 0.05) is 17.1 Å². The van der Waals surface area contributed by atoms with Gasteiger partial charge in [-0.05, 0) is 27.7 Å². The lowest BCUT2D eigenvalue weighted by molar-refractivity contribution is -0.109. The van der Waals surface area contributed by atoms with Gasteiger partial charge in [0.2, 0.25) is 6.41 Å². The predicted octanol–water partition coefficient (Wildman–Crippen LogP) is 1.90. The Morgan fingerprint density at radius 3 is 2.23 bits per heavy atom. The summed E-state index contributed by atoms with van der Waals surface area (Å²) in [6.45, 7) is 7.89. The number of aryl methyl sites for hydroxylation is 2. The third-order valence-corrected chi connectivity index (χ3v) is 1.97. The molecule has 1 N–H and O–H groups in total. The first-order valence-corrected chi connectivity index (χ1v) is 4.96. The Morgan fingerprint density at radius 2 is 2.15 bits per heavy atom. The Kier molecular flexibility index (Phi) is 6.14. The van der Waals surface area contributed by atoms with E-state index in [1.54, 1.807) is 11.3 Å². The summed E-state index contributed by atoms with van der Waals surface area (Å²) < 4.78 is 0. The van der Waals surface area contributed by atoms with Gasteiger partial charge in [-0.3, -0.25) is 4.79 Å². The van der Waals surface area contributed by atoms with Crippen LogP contribution in [0.4, 0.5) is 0 Å². The van der Waals surface area contributed by atoms with Crippen LogP contribution in [-0.2, 0) is 4.79 Å². The maximum atomic E-state index is 9.50. The summed E-state index contributed by atoms with van der Waals surface area (Å²) in [6, 6.07) is 0.280. The fourth-order valence-electron chi connectivity index (χ4n) is 0.604. The van der Waals surface area contributed by atoms with Crippen molar-refractivity contribution < 1.29 is 4.79 Å². The molecule has 0 aliphatic heterocycles. The van der Waals surface area contributed by atoms with Crippen LogP contribution >= 0.6 is 11.3 Å². The van der Waals surface area contributed by atoms with E-state index >= 15 is 0 Å². The molecule has 1 rings (SSSR count). The van der Waals surface area contributed by atoms with Gasteiger partial charge in [-0.25, -0.2) is 4.98 Å². The summed E-state index contributed by atoms with van der Waals surface area (Å²) in [4.78, 5) is 14.8. The largest absolute Gasteiger partial charge is 0.357 e. The van der Waals surface area contributed by atoms with Crippen molar-refractivity contribution in [1.82, 2.24) is 10.3 Å². The molecule has 0 fully saturated rings. The van der Waals surface area contributed by atoms with Crippen molar-refractivity contribution in [2.75, 3.05) is 0 Å². The fraction of sp³-hybridized carbons (Fsp3) is 0.556. The number of carbonyl (C=O) groups excluding carboxylic acids is 1. The van der Waals surface area contributed by atoms with E-state index in [4.69, 9.17) is 0 Å². The number of hydrogen-bond acceptors (Lipinski definition) is 3. The molecule has 0 spiro atoms. The highest BCUT2D eigenvalue weighted by molar-refractivity contribution is 7.11. The fourth-order valence-corrected chi connectivity index (χ4v) is 1.28. The monoisotopic (exact) mass is 200 g/mol. The number of carbonyl (C=O) groups is 1. The van der Waals surface area contributed by atoms with E-state index in [2.05, 4.69) is 17.2 Å². The van der Waals surface area contributed by atoms with E-state index in [0.717, 1.165) is 5.01 Å². The molecule has 0 aromatic carbocycles. The van der Waals surface area contributed by atoms with Gasteiger partial charge < -0.3 is 5.32 Å². The normalized spacial score (nSPS) is 9.00. The van der Waals surface area contributed by atoms with E-state index in [0.29, 0.717) is 6.41 Å². The van der Waals surface area contributed by atoms with E-state index in [9.17, 15) is 4.79 Å². The molecule has 1 aromatic heterocycles. The molecule has 74 valence electrons. The summed E-state index contributed by atoms with van der Waals surface area (Å²) >= 11 is 1.73. The quantitative estimate of drug-likeness (QED) is 0.741. The number of amides is 1. The maximum Gasteiger partial charge on any atom is 0.207 e. The SMILES string of the molecule is CC(C)NC=O.Cc1cnc(C)s1. The Bertz CT molecular complexity index is 229. The van der Waals surface area contributed by atoms with Gasteiger partial charge in [0.15, 0.2) is 0 Å². The van der Waals surface area contributed by atoms with Crippen LogP contribution in [0.3, 0.4) is 0 Å². The predicted molar refractivity (Wildman–Crippen MR) is 55.9 cm³/mol. The highest BCUT2D eigenvalue weighted by Crippen LogP contribution is 2.07. The summed E-state index contributed by atoms with van der Waals surface area (Å²) in [5.74, 6) is 0. The van der Waals surface area contributed by atoms with Crippen LogP contribution in [0.2, 0.25) is 0 Å². The Labute approximate surface area is 83.2 Å². The second-order valence-electron chi connectivity index (χ2n) is 2.93. The minimum Gasteiger partial charge on any atom is -0.357 e. The van der Waals surface area contributed by atoms with Crippen molar-refractivity contribution in [1.29, 1.82) is 0 Å². The van der Waals surface area contributed by atoms with Crippen LogP contribution in [0.5, 0.6) is 0 Å². The second-order valence-corrected chi connectivity index (χ2v) is 4.37. The molecule has 0 bridgehead atoms. The van der Waals surface area contributed by atoms with Crippen LogP contribution in [0.25, 0.3) is 0 Å². The van der Waals surface area contributed by atoms with Crippen molar-refractivity contribution >= 4 is 17.7 Å². The van der Waals surface area contributed by atoms with Crippen molar-refractivity contribution in [3.05, 3.63) is 16.1 Å². The Morgan fingerprint density at radius 1 is 1.54 bits per heavy atom. The zero-order chi connectivity index (χ0) is 10.3. The van der Waals surface area contributed by atoms with Crippen LogP contribution in [0, 0.1) is 13.8 Å². The number of aromatic nitrogens is 1. The molecule has 0 saturated heterocycles. The van der Waals surface area contributed by atoms with E-state index in [1.807, 2.05) is 27.0 Å². The maximum absolute atomic E-state index is 9.50. The molecular formula is C9H16N2OS. The van der Waals surface area contributed by atoms with E-state index < -0.39 is 0 Å². The van der Waals surface area contributed by atoms with Gasteiger partial charge in [0.25, 0.3) is 0 Å². The molecule has 1 heterocycles. The first kappa shape index (κ1) is 12.1. The molecule has 4 heteroatoms. The first-order valence-electron chi connectivity index (χ1n) is 4.15. The van der Waals surface area contributed by atoms with Gasteiger partial charge in [-0.2, -0.15) is 0 Å². The summed E-state index contributed by atoms with van der Waals surface area (Å²) in [5, 5.41) is 3.68. The van der Waals surface area contributed by atoms with Gasteiger partial charge >= 0.3 is 0 Å². The average Bonchev–Trinajstić information content (AvgIpc) is 2.35. The minimum atomic E-state index is 0.280. The molecule has 0 radical (unpaired) electrons. The van der Waals surface area contributed by atoms with Crippen molar-refractivity contribution in [2.24, 2.45) is 0 Å². The van der Waals surface area contributed by atoms with Gasteiger partial charge in [-0.1, -0.05) is 0 Å². The van der Waals surface area contributed by atoms with Crippen LogP contribution < -0.4 is 5.32 Å². The molecule has 0 saturated carbocycles. The highest BCUT2D eigenvalue weighted by atomic mass is 32.1. The molecule has 3 nitrogen and oxygen atoms in total. The first-order chi connectivity index (χ1) is 6.06. The minimum absolute atomic E-state index is 0.280. The standard InChI is InChI=1S/C5H7NS.C4H9NO/c1-4-3-6-5(2)7-4;1-4(2)5-3-6/h3H,1-2H3;3-4H,1-2H3,(H,5,6). The average molecular weight is 200 g/mol. The summed E-state index contributed by atoms with van der Waals surface area (Å²) in [7, 11) is 0. The third-order valence-electron chi connectivity index (χ3n) is 1.14. The smallest absolute Gasteiger partial charge is 0.207 e. The van der Waals surface area contributed by atoms with Gasteiger partial charge in [-0.15, -0.1) is 11.3 Å². The topological polar surface area (TPSA) is 42.0 Å². The molecule has 13 heavy (non-hydrogen) atoms. The van der Waals surface area contributed by atoms with Gasteiger partial charge in [0.1, 0.15) is 0 Å². The lowest BCUT2D eigenvalue weighted by Crippen LogP contribution is -2.19. The molecule has 0 atom stereocenters. The molecule has 1 aromatic rings. The zero-order valence-corrected chi connectivity index (χ0v) is 9.31. The number of nitrogens with zero attached hydrogens (tertiary/aromatic N) is 1. The summed E-state index contributed by atoms with van der Waals surface area (Å²) in [5.41, 5.74) is 0. The van der Waals surface area contributed by atoms with Crippen molar-refractivity contribution in [3.63, 3.8) is 0 Å². The molecule has 0 aliphatic carbocycles. The van der Waals surface area contributed by atoms with Crippen molar-refractivity contribution in [2.45, 2.75) is 33.7 Å². The highest BCUT2D eigenvalue weighted by Gasteiger charge is 1.86. The molecular weight excluding hydrogens is 184 g/mol. The Hall–Kier alpha value is -0.900. The Balaban J connectivity index is 0.000000226. The number of thiazole rings is 1. The molecule has 1 amide bonds. The number of rotatable bonds is 2. The molecule has 0 aliphatic rings. The lowest BCUT2D eigenvalue weighted by Gasteiger charge is -1.96. The van der Waals surface area contributed by atoms with Crippen LogP contribution in [0.1, 0.15) is 23.7 Å². The van der Waals surface area contributed by atoms with E-state index in [-0.39, 0.29) is 6.04 Å². The van der Waals surface area contributed by atoms with Gasteiger partial charge in [0.05, 0.1) is 5.01 Å². The second kappa shape index (κ2) is 6.60. The third kappa shape index (κ3) is 7.46. The number of nitrogens with one attached hydrogen (secondary N) is 1. The molecule has 0 unspecified atom stereocenters. The summed E-state index contributed by atoms with van der Waals surface area (Å²) in [6.07, 6.45) is 2.59. The van der Waals surface area contributed by atoms with Crippen LogP contribution in [0.15, 0.2) is 6.20 Å².